The van der Waals surface area contributed by atoms with Crippen LogP contribution in [-0.2, 0) is 4.79 Å². The zero-order chi connectivity index (χ0) is 18.0. The lowest BCUT2D eigenvalue weighted by atomic mass is 9.87. The van der Waals surface area contributed by atoms with E-state index in [9.17, 15) is 25.2 Å². The highest BCUT2D eigenvalue weighted by molar-refractivity contribution is 6.14. The van der Waals surface area contributed by atoms with E-state index in [0.29, 0.717) is 35.1 Å². The summed E-state index contributed by atoms with van der Waals surface area (Å²) in [7, 11) is 0. The minimum atomic E-state index is -0.229. The fourth-order valence-corrected chi connectivity index (χ4v) is 2.84. The molecule has 0 radical (unpaired) electrons. The second kappa shape index (κ2) is 6.73. The first-order valence-electron chi connectivity index (χ1n) is 7.94. The molecule has 25 heavy (non-hydrogen) atoms. The van der Waals surface area contributed by atoms with Gasteiger partial charge in [-0.1, -0.05) is 12.1 Å². The molecule has 1 saturated carbocycles. The van der Waals surface area contributed by atoms with Crippen LogP contribution in [0.25, 0.3) is 12.2 Å². The Balaban J connectivity index is 1.89. The lowest BCUT2D eigenvalue weighted by Gasteiger charge is -2.16. The molecule has 3 rings (SSSR count). The van der Waals surface area contributed by atoms with Crippen LogP contribution in [0.5, 0.6) is 23.0 Å². The van der Waals surface area contributed by atoms with Crippen LogP contribution in [0.2, 0.25) is 0 Å². The first-order valence-corrected chi connectivity index (χ1v) is 7.94. The predicted molar refractivity (Wildman–Crippen MR) is 94.4 cm³/mol. The summed E-state index contributed by atoms with van der Waals surface area (Å²) in [6.07, 6.45) is 5.51. The highest BCUT2D eigenvalue weighted by Crippen LogP contribution is 2.32. The van der Waals surface area contributed by atoms with Crippen LogP contribution < -0.4 is 0 Å². The fourth-order valence-electron chi connectivity index (χ4n) is 2.84. The number of phenolic OH excluding ortho intramolecular Hbond substituents is 4. The van der Waals surface area contributed by atoms with Crippen LogP contribution in [-0.4, -0.2) is 26.2 Å². The van der Waals surface area contributed by atoms with E-state index >= 15 is 0 Å². The van der Waals surface area contributed by atoms with Crippen LogP contribution in [0.4, 0.5) is 0 Å². The Morgan fingerprint density at radius 1 is 0.680 bits per heavy atom. The van der Waals surface area contributed by atoms with E-state index in [-0.39, 0.29) is 28.8 Å². The number of rotatable bonds is 2. The predicted octanol–water partition coefficient (Wildman–Crippen LogP) is 3.73. The van der Waals surface area contributed by atoms with Crippen LogP contribution in [0, 0.1) is 0 Å². The highest BCUT2D eigenvalue weighted by Gasteiger charge is 2.20. The lowest BCUT2D eigenvalue weighted by molar-refractivity contribution is -0.112. The molecule has 0 aliphatic heterocycles. The first kappa shape index (κ1) is 16.6. The summed E-state index contributed by atoms with van der Waals surface area (Å²) in [6.45, 7) is 0. The average Bonchev–Trinajstić information content (AvgIpc) is 2.58. The molecule has 0 heterocycles. The van der Waals surface area contributed by atoms with E-state index in [0.717, 1.165) is 6.42 Å². The van der Waals surface area contributed by atoms with Gasteiger partial charge in [-0.2, -0.15) is 0 Å². The van der Waals surface area contributed by atoms with Gasteiger partial charge in [-0.15, -0.1) is 0 Å². The molecular weight excluding hydrogens is 320 g/mol. The maximum Gasteiger partial charge on any atom is 0.185 e. The molecule has 5 nitrogen and oxygen atoms in total. The number of carbonyl (C=O) groups excluding carboxylic acids is 1. The van der Waals surface area contributed by atoms with Crippen LogP contribution in [0.15, 0.2) is 47.5 Å². The summed E-state index contributed by atoms with van der Waals surface area (Å²) in [5.74, 6) is -0.943. The third kappa shape index (κ3) is 3.66. The van der Waals surface area contributed by atoms with Crippen molar-refractivity contribution < 1.29 is 25.2 Å². The van der Waals surface area contributed by atoms with E-state index in [2.05, 4.69) is 0 Å². The van der Waals surface area contributed by atoms with Crippen LogP contribution in [0.1, 0.15) is 30.4 Å². The normalized spacial score (nSPS) is 18.0. The maximum atomic E-state index is 12.7. The van der Waals surface area contributed by atoms with Crippen LogP contribution >= 0.6 is 0 Å². The zero-order valence-corrected chi connectivity index (χ0v) is 13.4. The molecular formula is C20H18O5. The summed E-state index contributed by atoms with van der Waals surface area (Å²) in [6, 6.07) is 8.84. The number of benzene rings is 2. The monoisotopic (exact) mass is 338 g/mol. The largest absolute Gasteiger partial charge is 0.504 e. The number of Topliss-reactive ketones (excluding diaryl/α,β-unsaturated/α-hetero) is 1. The van der Waals surface area contributed by atoms with Gasteiger partial charge in [0.25, 0.3) is 0 Å². The van der Waals surface area contributed by atoms with Crippen molar-refractivity contribution in [1.29, 1.82) is 0 Å². The SMILES string of the molecule is O=C1/C(=C\c2ccc(O)c(O)c2)CCC/C1=C/c1ccc(O)c(O)c1. The minimum Gasteiger partial charge on any atom is -0.504 e. The van der Waals surface area contributed by atoms with Gasteiger partial charge in [-0.3, -0.25) is 4.79 Å². The Bertz CT molecular complexity index is 821. The third-order valence-electron chi connectivity index (χ3n) is 4.16. The number of hydrogen-bond donors (Lipinski definition) is 4. The van der Waals surface area contributed by atoms with E-state index in [1.54, 1.807) is 24.3 Å². The van der Waals surface area contributed by atoms with Gasteiger partial charge in [0, 0.05) is 11.1 Å². The first-order chi connectivity index (χ1) is 11.9. The molecule has 2 aromatic carbocycles. The van der Waals surface area contributed by atoms with E-state index in [4.69, 9.17) is 0 Å². The number of ketones is 1. The van der Waals surface area contributed by atoms with Crippen molar-refractivity contribution in [2.24, 2.45) is 0 Å². The Kier molecular flexibility index (Phi) is 4.48. The van der Waals surface area contributed by atoms with E-state index in [1.807, 2.05) is 0 Å². The van der Waals surface area contributed by atoms with Gasteiger partial charge in [-0.05, 0) is 66.8 Å². The molecule has 0 saturated heterocycles. The topological polar surface area (TPSA) is 98.0 Å². The minimum absolute atomic E-state index is 0.0774. The van der Waals surface area contributed by atoms with Gasteiger partial charge in [0.2, 0.25) is 0 Å². The molecule has 128 valence electrons. The second-order valence-electron chi connectivity index (χ2n) is 6.02. The summed E-state index contributed by atoms with van der Waals surface area (Å²) in [5.41, 5.74) is 2.54. The summed E-state index contributed by atoms with van der Waals surface area (Å²) < 4.78 is 0. The highest BCUT2D eigenvalue weighted by atomic mass is 16.3. The molecule has 5 heteroatoms. The molecule has 0 atom stereocenters. The van der Waals surface area contributed by atoms with Crippen LogP contribution in [0.3, 0.4) is 0 Å². The molecule has 1 fully saturated rings. The average molecular weight is 338 g/mol. The van der Waals surface area contributed by atoms with E-state index in [1.165, 1.54) is 24.3 Å². The van der Waals surface area contributed by atoms with Gasteiger partial charge in [0.1, 0.15) is 0 Å². The van der Waals surface area contributed by atoms with Crippen molar-refractivity contribution in [3.8, 4) is 23.0 Å². The van der Waals surface area contributed by atoms with Crippen molar-refractivity contribution in [1.82, 2.24) is 0 Å². The molecule has 0 amide bonds. The molecule has 1 aliphatic rings. The summed E-state index contributed by atoms with van der Waals surface area (Å²) in [5, 5.41) is 37.9. The molecule has 0 aromatic heterocycles. The Labute approximate surface area is 144 Å². The van der Waals surface area contributed by atoms with Gasteiger partial charge in [0.15, 0.2) is 28.8 Å². The summed E-state index contributed by atoms with van der Waals surface area (Å²) >= 11 is 0. The Hall–Kier alpha value is -3.21. The number of allylic oxidation sites excluding steroid dienone is 2. The van der Waals surface area contributed by atoms with Crippen molar-refractivity contribution in [3.63, 3.8) is 0 Å². The third-order valence-corrected chi connectivity index (χ3v) is 4.16. The number of phenols is 4. The van der Waals surface area contributed by atoms with Crippen molar-refractivity contribution >= 4 is 17.9 Å². The number of aromatic hydroxyl groups is 4. The molecule has 4 N–H and O–H groups in total. The van der Waals surface area contributed by atoms with Gasteiger partial charge in [-0.25, -0.2) is 0 Å². The maximum absolute atomic E-state index is 12.7. The number of carbonyl (C=O) groups is 1. The second-order valence-corrected chi connectivity index (χ2v) is 6.02. The van der Waals surface area contributed by atoms with Gasteiger partial charge < -0.3 is 20.4 Å². The van der Waals surface area contributed by atoms with Crippen molar-refractivity contribution in [2.75, 3.05) is 0 Å². The van der Waals surface area contributed by atoms with Gasteiger partial charge in [0.05, 0.1) is 0 Å². The zero-order valence-electron chi connectivity index (χ0n) is 13.4. The Morgan fingerprint density at radius 2 is 1.12 bits per heavy atom. The smallest absolute Gasteiger partial charge is 0.185 e. The fraction of sp³-hybridized carbons (Fsp3) is 0.150. The molecule has 0 bridgehead atoms. The van der Waals surface area contributed by atoms with Crippen molar-refractivity contribution in [2.45, 2.75) is 19.3 Å². The van der Waals surface area contributed by atoms with Gasteiger partial charge >= 0.3 is 0 Å². The molecule has 0 unspecified atom stereocenters. The Morgan fingerprint density at radius 3 is 1.52 bits per heavy atom. The quantitative estimate of drug-likeness (QED) is 0.494. The summed E-state index contributed by atoms with van der Waals surface area (Å²) in [4.78, 5) is 12.7. The van der Waals surface area contributed by atoms with Crippen molar-refractivity contribution in [3.05, 3.63) is 58.7 Å². The molecule has 2 aromatic rings. The molecule has 1 aliphatic carbocycles. The lowest BCUT2D eigenvalue weighted by Crippen LogP contribution is -2.12. The molecule has 0 spiro atoms. The standard InChI is InChI=1S/C20H18O5/c21-16-6-4-12(10-18(16)23)8-14-2-1-3-15(20(14)25)9-13-5-7-17(22)19(24)11-13/h4-11,21-24H,1-3H2/b14-8-,15-9-. The van der Waals surface area contributed by atoms with E-state index < -0.39 is 0 Å². The number of hydrogen-bond acceptors (Lipinski definition) is 5.